The number of carbonyl (C=O) groups excluding carboxylic acids is 1. The number of carboxylic acids is 1. The molecular weight excluding hydrogens is 276 g/mol. The molecule has 2 N–H and O–H groups in total. The standard InChI is InChI=1S/C14H12N2O3S/c17-12(7-6-10-4-2-1-3-5-10)15-8-13-16-11(9-20-13)14(18)19/h1-7,9H,8H2,(H,15,17)(H,18,19). The summed E-state index contributed by atoms with van der Waals surface area (Å²) in [6.45, 7) is 0.218. The van der Waals surface area contributed by atoms with Crippen LogP contribution in [0.2, 0.25) is 0 Å². The van der Waals surface area contributed by atoms with E-state index in [9.17, 15) is 9.59 Å². The molecule has 1 heterocycles. The van der Waals surface area contributed by atoms with Gasteiger partial charge in [0.2, 0.25) is 5.91 Å². The maximum Gasteiger partial charge on any atom is 0.355 e. The van der Waals surface area contributed by atoms with Gasteiger partial charge in [0.15, 0.2) is 5.69 Å². The highest BCUT2D eigenvalue weighted by molar-refractivity contribution is 7.09. The van der Waals surface area contributed by atoms with Crippen molar-refractivity contribution < 1.29 is 14.7 Å². The van der Waals surface area contributed by atoms with Crippen molar-refractivity contribution in [1.29, 1.82) is 0 Å². The number of thiazole rings is 1. The number of hydrogen-bond acceptors (Lipinski definition) is 4. The van der Waals surface area contributed by atoms with Crippen LogP contribution in [0.25, 0.3) is 6.08 Å². The number of nitrogens with zero attached hydrogens (tertiary/aromatic N) is 1. The lowest BCUT2D eigenvalue weighted by Crippen LogP contribution is -2.20. The molecule has 0 atom stereocenters. The highest BCUT2D eigenvalue weighted by Crippen LogP contribution is 2.09. The van der Waals surface area contributed by atoms with Crippen LogP contribution in [0.4, 0.5) is 0 Å². The Kier molecular flexibility index (Phi) is 4.62. The number of rotatable bonds is 5. The molecule has 1 amide bonds. The molecular formula is C14H12N2O3S. The number of aromatic nitrogens is 1. The van der Waals surface area contributed by atoms with Crippen LogP contribution in [0, 0.1) is 0 Å². The second kappa shape index (κ2) is 6.63. The van der Waals surface area contributed by atoms with Crippen LogP contribution >= 0.6 is 11.3 Å². The lowest BCUT2D eigenvalue weighted by Gasteiger charge is -1.98. The third-order valence-corrected chi connectivity index (χ3v) is 3.26. The Morgan fingerprint density at radius 1 is 1.30 bits per heavy atom. The van der Waals surface area contributed by atoms with Gasteiger partial charge in [0.05, 0.1) is 6.54 Å². The summed E-state index contributed by atoms with van der Waals surface area (Å²) in [5.74, 6) is -1.32. The van der Waals surface area contributed by atoms with Crippen molar-refractivity contribution in [2.45, 2.75) is 6.54 Å². The Labute approximate surface area is 119 Å². The van der Waals surface area contributed by atoms with E-state index in [2.05, 4.69) is 10.3 Å². The van der Waals surface area contributed by atoms with Gasteiger partial charge in [-0.2, -0.15) is 0 Å². The van der Waals surface area contributed by atoms with Gasteiger partial charge in [0.25, 0.3) is 0 Å². The van der Waals surface area contributed by atoms with Crippen LogP contribution in [0.1, 0.15) is 21.1 Å². The predicted molar refractivity (Wildman–Crippen MR) is 76.4 cm³/mol. The molecule has 0 aliphatic rings. The summed E-state index contributed by atoms with van der Waals surface area (Å²) in [6.07, 6.45) is 3.14. The molecule has 5 nitrogen and oxygen atoms in total. The van der Waals surface area contributed by atoms with Gasteiger partial charge >= 0.3 is 5.97 Å². The zero-order valence-corrected chi connectivity index (χ0v) is 11.3. The molecule has 6 heteroatoms. The number of benzene rings is 1. The molecule has 20 heavy (non-hydrogen) atoms. The number of hydrogen-bond donors (Lipinski definition) is 2. The van der Waals surface area contributed by atoms with E-state index in [-0.39, 0.29) is 18.1 Å². The third-order valence-electron chi connectivity index (χ3n) is 2.41. The Morgan fingerprint density at radius 3 is 2.70 bits per heavy atom. The summed E-state index contributed by atoms with van der Waals surface area (Å²) in [6, 6.07) is 9.47. The molecule has 0 unspecified atom stereocenters. The third kappa shape index (κ3) is 4.03. The van der Waals surface area contributed by atoms with Crippen LogP contribution in [0.5, 0.6) is 0 Å². The highest BCUT2D eigenvalue weighted by atomic mass is 32.1. The van der Waals surface area contributed by atoms with Gasteiger partial charge in [-0.15, -0.1) is 11.3 Å². The summed E-state index contributed by atoms with van der Waals surface area (Å²) in [4.78, 5) is 26.1. The van der Waals surface area contributed by atoms with Crippen LogP contribution in [-0.2, 0) is 11.3 Å². The van der Waals surface area contributed by atoms with Crippen molar-refractivity contribution in [2.24, 2.45) is 0 Å². The van der Waals surface area contributed by atoms with E-state index in [1.54, 1.807) is 6.08 Å². The molecule has 0 aliphatic carbocycles. The number of aromatic carboxylic acids is 1. The normalized spacial score (nSPS) is 10.6. The Bertz CT molecular complexity index is 635. The van der Waals surface area contributed by atoms with Crippen LogP contribution < -0.4 is 5.32 Å². The minimum absolute atomic E-state index is 0.000855. The van der Waals surface area contributed by atoms with Gasteiger partial charge < -0.3 is 10.4 Å². The largest absolute Gasteiger partial charge is 0.476 e. The van der Waals surface area contributed by atoms with E-state index in [1.165, 1.54) is 22.8 Å². The minimum Gasteiger partial charge on any atom is -0.476 e. The topological polar surface area (TPSA) is 79.3 Å². The van der Waals surface area contributed by atoms with Gasteiger partial charge in [-0.3, -0.25) is 4.79 Å². The average Bonchev–Trinajstić information content (AvgIpc) is 2.93. The quantitative estimate of drug-likeness (QED) is 0.826. The molecule has 0 fully saturated rings. The first kappa shape index (κ1) is 14.0. The second-order valence-electron chi connectivity index (χ2n) is 3.89. The fraction of sp³-hybridized carbons (Fsp3) is 0.0714. The van der Waals surface area contributed by atoms with Gasteiger partial charge in [0, 0.05) is 11.5 Å². The average molecular weight is 288 g/mol. The number of nitrogens with one attached hydrogen (secondary N) is 1. The van der Waals surface area contributed by atoms with Crippen LogP contribution in [0.15, 0.2) is 41.8 Å². The molecule has 2 rings (SSSR count). The zero-order chi connectivity index (χ0) is 14.4. The molecule has 0 saturated heterocycles. The summed E-state index contributed by atoms with van der Waals surface area (Å²) >= 11 is 1.20. The number of carboxylic acid groups (broad SMARTS) is 1. The Hall–Kier alpha value is -2.47. The Balaban J connectivity index is 1.86. The van der Waals surface area contributed by atoms with E-state index >= 15 is 0 Å². The maximum absolute atomic E-state index is 11.6. The van der Waals surface area contributed by atoms with E-state index in [0.29, 0.717) is 5.01 Å². The van der Waals surface area contributed by atoms with Crippen molar-refractivity contribution in [3.63, 3.8) is 0 Å². The summed E-state index contributed by atoms with van der Waals surface area (Å²) < 4.78 is 0. The van der Waals surface area contributed by atoms with E-state index < -0.39 is 5.97 Å². The van der Waals surface area contributed by atoms with E-state index in [0.717, 1.165) is 5.56 Å². The van der Waals surface area contributed by atoms with Gasteiger partial charge in [0.1, 0.15) is 5.01 Å². The summed E-state index contributed by atoms with van der Waals surface area (Å²) in [7, 11) is 0. The lowest BCUT2D eigenvalue weighted by molar-refractivity contribution is -0.116. The van der Waals surface area contributed by atoms with Crippen molar-refractivity contribution in [2.75, 3.05) is 0 Å². The monoisotopic (exact) mass is 288 g/mol. The first-order valence-corrected chi connectivity index (χ1v) is 6.72. The summed E-state index contributed by atoms with van der Waals surface area (Å²) in [5, 5.41) is 13.4. The van der Waals surface area contributed by atoms with Crippen molar-refractivity contribution in [3.05, 3.63) is 58.1 Å². The molecule has 0 saturated carbocycles. The van der Waals surface area contributed by atoms with E-state index in [4.69, 9.17) is 5.11 Å². The predicted octanol–water partition coefficient (Wildman–Crippen LogP) is 2.17. The summed E-state index contributed by atoms with van der Waals surface area (Å²) in [5.41, 5.74) is 0.934. The second-order valence-corrected chi connectivity index (χ2v) is 4.84. The number of carbonyl (C=O) groups is 2. The molecule has 0 spiro atoms. The number of amides is 1. The first-order valence-electron chi connectivity index (χ1n) is 5.84. The van der Waals surface area contributed by atoms with Crippen molar-refractivity contribution in [1.82, 2.24) is 10.3 Å². The maximum atomic E-state index is 11.6. The first-order chi connectivity index (χ1) is 9.65. The van der Waals surface area contributed by atoms with Gasteiger partial charge in [-0.25, -0.2) is 9.78 Å². The fourth-order valence-electron chi connectivity index (χ4n) is 1.45. The fourth-order valence-corrected chi connectivity index (χ4v) is 2.16. The molecule has 1 aromatic heterocycles. The lowest BCUT2D eigenvalue weighted by atomic mass is 10.2. The molecule has 1 aromatic carbocycles. The molecule has 0 aliphatic heterocycles. The molecule has 102 valence electrons. The van der Waals surface area contributed by atoms with Crippen LogP contribution in [0.3, 0.4) is 0 Å². The zero-order valence-electron chi connectivity index (χ0n) is 10.4. The van der Waals surface area contributed by atoms with Crippen LogP contribution in [-0.4, -0.2) is 22.0 Å². The SMILES string of the molecule is O=C(C=Cc1ccccc1)NCc1nc(C(=O)O)cs1. The molecule has 2 aromatic rings. The smallest absolute Gasteiger partial charge is 0.355 e. The van der Waals surface area contributed by atoms with Crippen molar-refractivity contribution >= 4 is 29.3 Å². The minimum atomic E-state index is -1.07. The van der Waals surface area contributed by atoms with Gasteiger partial charge in [-0.05, 0) is 11.6 Å². The molecule has 0 bridgehead atoms. The molecule has 0 radical (unpaired) electrons. The van der Waals surface area contributed by atoms with Gasteiger partial charge in [-0.1, -0.05) is 30.3 Å². The van der Waals surface area contributed by atoms with Crippen molar-refractivity contribution in [3.8, 4) is 0 Å². The highest BCUT2D eigenvalue weighted by Gasteiger charge is 2.08. The Morgan fingerprint density at radius 2 is 2.05 bits per heavy atom. The van der Waals surface area contributed by atoms with E-state index in [1.807, 2.05) is 30.3 Å².